The highest BCUT2D eigenvalue weighted by Gasteiger charge is 2.16. The fraction of sp³-hybridized carbons (Fsp3) is 0.462. The maximum atomic E-state index is 12.1. The van der Waals surface area contributed by atoms with E-state index in [9.17, 15) is 9.59 Å². The number of carbonyl (C=O) groups excluding carboxylic acids is 1. The number of nitrogens with zero attached hydrogens (tertiary/aromatic N) is 3. The number of hydrogen-bond donors (Lipinski definition) is 1. The van der Waals surface area contributed by atoms with Gasteiger partial charge in [-0.25, -0.2) is 0 Å². The van der Waals surface area contributed by atoms with Crippen molar-refractivity contribution in [3.8, 4) is 0 Å². The molecule has 110 valence electrons. The van der Waals surface area contributed by atoms with Gasteiger partial charge in [0.1, 0.15) is 6.54 Å². The van der Waals surface area contributed by atoms with Crippen LogP contribution in [0.3, 0.4) is 0 Å². The van der Waals surface area contributed by atoms with E-state index in [1.165, 1.54) is 16.7 Å². The van der Waals surface area contributed by atoms with Crippen LogP contribution in [-0.2, 0) is 9.59 Å². The van der Waals surface area contributed by atoms with Gasteiger partial charge in [-0.3, -0.25) is 14.6 Å². The molecule has 0 radical (unpaired) electrons. The molecule has 0 atom stereocenters. The first-order chi connectivity index (χ1) is 9.49. The summed E-state index contributed by atoms with van der Waals surface area (Å²) in [5, 5.41) is 8.86. The summed E-state index contributed by atoms with van der Waals surface area (Å²) in [5.74, 6) is -0.938. The second-order valence-corrected chi connectivity index (χ2v) is 5.53. The molecule has 0 aliphatic carbocycles. The predicted molar refractivity (Wildman–Crippen MR) is 77.7 cm³/mol. The summed E-state index contributed by atoms with van der Waals surface area (Å²) in [6.07, 6.45) is 3.32. The molecule has 0 saturated heterocycles. The summed E-state index contributed by atoms with van der Waals surface area (Å²) in [6.45, 7) is 0.789. The van der Waals surface area contributed by atoms with Gasteiger partial charge in [-0.2, -0.15) is 0 Å². The van der Waals surface area contributed by atoms with Crippen molar-refractivity contribution in [2.24, 2.45) is 0 Å². The van der Waals surface area contributed by atoms with Gasteiger partial charge < -0.3 is 14.9 Å². The van der Waals surface area contributed by atoms with E-state index in [2.05, 4.69) is 4.98 Å². The third kappa shape index (κ3) is 6.53. The molecule has 0 fully saturated rings. The Kier molecular flexibility index (Phi) is 7.03. The zero-order valence-corrected chi connectivity index (χ0v) is 12.5. The molecule has 0 bridgehead atoms. The fourth-order valence-electron chi connectivity index (χ4n) is 1.45. The summed E-state index contributed by atoms with van der Waals surface area (Å²) in [7, 11) is 3.77. The molecule has 0 aromatic carbocycles. The average molecular weight is 297 g/mol. The van der Waals surface area contributed by atoms with Crippen molar-refractivity contribution in [3.63, 3.8) is 0 Å². The smallest absolute Gasteiger partial charge is 0.323 e. The van der Waals surface area contributed by atoms with Crippen molar-refractivity contribution >= 4 is 23.6 Å². The van der Waals surface area contributed by atoms with E-state index in [4.69, 9.17) is 5.11 Å². The topological polar surface area (TPSA) is 73.7 Å². The van der Waals surface area contributed by atoms with Crippen molar-refractivity contribution in [2.45, 2.75) is 4.90 Å². The summed E-state index contributed by atoms with van der Waals surface area (Å²) >= 11 is 1.38. The number of hydrogen-bond acceptors (Lipinski definition) is 5. The van der Waals surface area contributed by atoms with Crippen LogP contribution in [-0.4, -0.2) is 71.2 Å². The summed E-state index contributed by atoms with van der Waals surface area (Å²) < 4.78 is 0. The van der Waals surface area contributed by atoms with Crippen molar-refractivity contribution in [1.29, 1.82) is 0 Å². The van der Waals surface area contributed by atoms with Gasteiger partial charge in [-0.05, 0) is 26.2 Å². The third-order valence-corrected chi connectivity index (χ3v) is 3.50. The minimum atomic E-state index is -0.994. The van der Waals surface area contributed by atoms with Crippen LogP contribution in [0.4, 0.5) is 0 Å². The first kappa shape index (κ1) is 16.5. The van der Waals surface area contributed by atoms with Gasteiger partial charge in [0, 0.05) is 30.4 Å². The minimum Gasteiger partial charge on any atom is -0.480 e. The normalized spacial score (nSPS) is 10.6. The number of carboxylic acid groups (broad SMARTS) is 1. The SMILES string of the molecule is CN(C)CCN(CC(=O)O)C(=O)CSc1ccncc1. The maximum absolute atomic E-state index is 12.1. The highest BCUT2D eigenvalue weighted by Crippen LogP contribution is 2.16. The Morgan fingerprint density at radius 2 is 1.90 bits per heavy atom. The van der Waals surface area contributed by atoms with Crippen LogP contribution in [0.2, 0.25) is 0 Å². The standard InChI is InChI=1S/C13H19N3O3S/c1-15(2)7-8-16(9-13(18)19)12(17)10-20-11-3-5-14-6-4-11/h3-6H,7-10H2,1-2H3,(H,18,19). The largest absolute Gasteiger partial charge is 0.480 e. The molecule has 20 heavy (non-hydrogen) atoms. The highest BCUT2D eigenvalue weighted by molar-refractivity contribution is 8.00. The Morgan fingerprint density at radius 1 is 1.25 bits per heavy atom. The molecule has 7 heteroatoms. The van der Waals surface area contributed by atoms with Gasteiger partial charge in [-0.1, -0.05) is 0 Å². The molecule has 0 spiro atoms. The highest BCUT2D eigenvalue weighted by atomic mass is 32.2. The molecular formula is C13H19N3O3S. The van der Waals surface area contributed by atoms with Gasteiger partial charge >= 0.3 is 5.97 Å². The molecule has 0 saturated carbocycles. The maximum Gasteiger partial charge on any atom is 0.323 e. The predicted octanol–water partition coefficient (Wildman–Crippen LogP) is 0.649. The number of aromatic nitrogens is 1. The van der Waals surface area contributed by atoms with Crippen molar-refractivity contribution < 1.29 is 14.7 Å². The molecule has 0 aliphatic rings. The Hall–Kier alpha value is -1.60. The number of aliphatic carboxylic acids is 1. The number of carbonyl (C=O) groups is 2. The van der Waals surface area contributed by atoms with E-state index in [0.29, 0.717) is 13.1 Å². The molecule has 6 nitrogen and oxygen atoms in total. The molecular weight excluding hydrogens is 278 g/mol. The molecule has 1 aromatic heterocycles. The number of thioether (sulfide) groups is 1. The van der Waals surface area contributed by atoms with Crippen LogP contribution < -0.4 is 0 Å². The quantitative estimate of drug-likeness (QED) is 0.710. The van der Waals surface area contributed by atoms with Gasteiger partial charge in [0.25, 0.3) is 0 Å². The summed E-state index contributed by atoms with van der Waals surface area (Å²) in [6, 6.07) is 3.64. The van der Waals surface area contributed by atoms with Gasteiger partial charge in [0.15, 0.2) is 0 Å². The number of rotatable bonds is 8. The second-order valence-electron chi connectivity index (χ2n) is 4.48. The van der Waals surface area contributed by atoms with Crippen molar-refractivity contribution in [1.82, 2.24) is 14.8 Å². The molecule has 1 amide bonds. The Bertz CT molecular complexity index is 440. The van der Waals surface area contributed by atoms with Crippen LogP contribution >= 0.6 is 11.8 Å². The van der Waals surface area contributed by atoms with E-state index in [1.54, 1.807) is 12.4 Å². The number of pyridine rings is 1. The van der Waals surface area contributed by atoms with Gasteiger partial charge in [0.05, 0.1) is 5.75 Å². The van der Waals surface area contributed by atoms with Crippen LogP contribution in [0.15, 0.2) is 29.4 Å². The van der Waals surface area contributed by atoms with Crippen LogP contribution in [0, 0.1) is 0 Å². The molecule has 1 N–H and O–H groups in total. The number of amides is 1. The van der Waals surface area contributed by atoms with Crippen LogP contribution in [0.5, 0.6) is 0 Å². The number of likely N-dealkylation sites (N-methyl/N-ethyl adjacent to an activating group) is 1. The zero-order chi connectivity index (χ0) is 15.0. The van der Waals surface area contributed by atoms with E-state index in [-0.39, 0.29) is 18.2 Å². The Balaban J connectivity index is 2.51. The third-order valence-electron chi connectivity index (χ3n) is 2.51. The molecule has 1 heterocycles. The molecule has 1 aromatic rings. The van der Waals surface area contributed by atoms with Crippen LogP contribution in [0.1, 0.15) is 0 Å². The fourth-order valence-corrected chi connectivity index (χ4v) is 2.23. The van der Waals surface area contributed by atoms with E-state index >= 15 is 0 Å². The van der Waals surface area contributed by atoms with E-state index in [0.717, 1.165) is 4.90 Å². The molecule has 0 unspecified atom stereocenters. The molecule has 1 rings (SSSR count). The Morgan fingerprint density at radius 3 is 2.45 bits per heavy atom. The lowest BCUT2D eigenvalue weighted by Crippen LogP contribution is -2.40. The first-order valence-corrected chi connectivity index (χ1v) is 7.14. The van der Waals surface area contributed by atoms with Crippen molar-refractivity contribution in [3.05, 3.63) is 24.5 Å². The lowest BCUT2D eigenvalue weighted by Gasteiger charge is -2.22. The van der Waals surface area contributed by atoms with Crippen molar-refractivity contribution in [2.75, 3.05) is 39.5 Å². The van der Waals surface area contributed by atoms with Crippen LogP contribution in [0.25, 0.3) is 0 Å². The van der Waals surface area contributed by atoms with Gasteiger partial charge in [0.2, 0.25) is 5.91 Å². The Labute approximate surface area is 122 Å². The average Bonchev–Trinajstić information content (AvgIpc) is 2.41. The van der Waals surface area contributed by atoms with E-state index in [1.807, 2.05) is 31.1 Å². The number of carboxylic acids is 1. The second kappa shape index (κ2) is 8.55. The van der Waals surface area contributed by atoms with Gasteiger partial charge in [-0.15, -0.1) is 11.8 Å². The lowest BCUT2D eigenvalue weighted by molar-refractivity contribution is -0.143. The summed E-state index contributed by atoms with van der Waals surface area (Å²) in [4.78, 5) is 31.0. The zero-order valence-electron chi connectivity index (χ0n) is 11.7. The molecule has 0 aliphatic heterocycles. The van der Waals surface area contributed by atoms with E-state index < -0.39 is 5.97 Å². The first-order valence-electron chi connectivity index (χ1n) is 6.16. The monoisotopic (exact) mass is 297 g/mol. The minimum absolute atomic E-state index is 0.170. The lowest BCUT2D eigenvalue weighted by atomic mass is 10.4. The summed E-state index contributed by atoms with van der Waals surface area (Å²) in [5.41, 5.74) is 0.